The van der Waals surface area contributed by atoms with E-state index in [4.69, 9.17) is 5.73 Å². The molecule has 3 atom stereocenters. The van der Waals surface area contributed by atoms with Gasteiger partial charge in [-0.1, -0.05) is 18.6 Å². The second kappa shape index (κ2) is 6.36. The van der Waals surface area contributed by atoms with E-state index in [0.29, 0.717) is 5.56 Å². The predicted molar refractivity (Wildman–Crippen MR) is 77.9 cm³/mol. The number of hydrogen-bond acceptors (Lipinski definition) is 2. The van der Waals surface area contributed by atoms with Crippen molar-refractivity contribution < 1.29 is 13.2 Å². The van der Waals surface area contributed by atoms with Gasteiger partial charge in [0.1, 0.15) is 0 Å². The Kier molecular flexibility index (Phi) is 4.94. The minimum absolute atomic E-state index is 0.0264. The van der Waals surface area contributed by atoms with Gasteiger partial charge in [-0.2, -0.15) is 13.2 Å². The van der Waals surface area contributed by atoms with Crippen LogP contribution in [-0.4, -0.2) is 23.5 Å². The third-order valence-corrected chi connectivity index (χ3v) is 4.39. The van der Waals surface area contributed by atoms with Crippen LogP contribution in [0.15, 0.2) is 24.3 Å². The number of hydrogen-bond donors (Lipinski definition) is 1. The molecule has 21 heavy (non-hydrogen) atoms. The summed E-state index contributed by atoms with van der Waals surface area (Å²) in [7, 11) is 0. The third-order valence-electron chi connectivity index (χ3n) is 4.39. The number of likely N-dealkylation sites (tertiary alicyclic amines) is 1. The number of nitrogens with two attached hydrogens (primary N) is 1. The lowest BCUT2D eigenvalue weighted by Gasteiger charge is -2.42. The lowest BCUT2D eigenvalue weighted by Crippen LogP contribution is -2.49. The molecule has 0 aromatic heterocycles. The summed E-state index contributed by atoms with van der Waals surface area (Å²) in [6.45, 7) is 4.83. The number of nitrogens with zero attached hydrogens (tertiary/aromatic N) is 1. The Morgan fingerprint density at radius 2 is 1.95 bits per heavy atom. The Hall–Kier alpha value is -1.07. The Morgan fingerprint density at radius 1 is 1.24 bits per heavy atom. The summed E-state index contributed by atoms with van der Waals surface area (Å²) >= 11 is 0. The van der Waals surface area contributed by atoms with Crippen LogP contribution in [0, 0.1) is 0 Å². The molecule has 1 aliphatic heterocycles. The second-order valence-electron chi connectivity index (χ2n) is 5.96. The maximum Gasteiger partial charge on any atom is 0.416 e. The lowest BCUT2D eigenvalue weighted by atomic mass is 9.93. The first-order valence-electron chi connectivity index (χ1n) is 7.49. The van der Waals surface area contributed by atoms with Gasteiger partial charge in [-0.3, -0.25) is 4.90 Å². The van der Waals surface area contributed by atoms with Crippen LogP contribution in [0.5, 0.6) is 0 Å². The van der Waals surface area contributed by atoms with Crippen LogP contribution in [0.1, 0.15) is 50.3 Å². The second-order valence-corrected chi connectivity index (χ2v) is 5.96. The standard InChI is InChI=1S/C16H23F3N2/c1-11(20)15-8-3-4-9-21(15)12(2)13-6-5-7-14(10-13)16(17,18)19/h5-7,10-12,15H,3-4,8-9,20H2,1-2H3. The molecule has 118 valence electrons. The molecule has 3 unspecified atom stereocenters. The molecule has 1 saturated heterocycles. The molecular weight excluding hydrogens is 277 g/mol. The maximum absolute atomic E-state index is 12.8. The van der Waals surface area contributed by atoms with Crippen molar-refractivity contribution in [2.24, 2.45) is 5.73 Å². The maximum atomic E-state index is 12.8. The molecule has 1 aromatic rings. The summed E-state index contributed by atoms with van der Waals surface area (Å²) in [5.41, 5.74) is 6.17. The molecule has 0 amide bonds. The lowest BCUT2D eigenvalue weighted by molar-refractivity contribution is -0.137. The van der Waals surface area contributed by atoms with Crippen LogP contribution < -0.4 is 5.73 Å². The van der Waals surface area contributed by atoms with E-state index in [1.807, 2.05) is 13.8 Å². The molecule has 1 aromatic carbocycles. The van der Waals surface area contributed by atoms with Crippen molar-refractivity contribution in [2.45, 2.75) is 57.4 Å². The van der Waals surface area contributed by atoms with E-state index in [1.54, 1.807) is 6.07 Å². The van der Waals surface area contributed by atoms with Crippen LogP contribution in [-0.2, 0) is 6.18 Å². The number of alkyl halides is 3. The van der Waals surface area contributed by atoms with E-state index in [2.05, 4.69) is 4.90 Å². The van der Waals surface area contributed by atoms with Crippen molar-refractivity contribution >= 4 is 0 Å². The quantitative estimate of drug-likeness (QED) is 0.915. The molecule has 5 heteroatoms. The van der Waals surface area contributed by atoms with Crippen molar-refractivity contribution in [1.29, 1.82) is 0 Å². The van der Waals surface area contributed by atoms with Crippen LogP contribution in [0.25, 0.3) is 0 Å². The number of halogens is 3. The van der Waals surface area contributed by atoms with Gasteiger partial charge in [0.2, 0.25) is 0 Å². The number of piperidine rings is 1. The van der Waals surface area contributed by atoms with Crippen LogP contribution >= 0.6 is 0 Å². The molecular formula is C16H23F3N2. The average Bonchev–Trinajstić information content (AvgIpc) is 2.45. The first-order chi connectivity index (χ1) is 9.80. The molecule has 0 aliphatic carbocycles. The van der Waals surface area contributed by atoms with Gasteiger partial charge >= 0.3 is 6.18 Å². The van der Waals surface area contributed by atoms with Crippen molar-refractivity contribution in [1.82, 2.24) is 4.90 Å². The summed E-state index contributed by atoms with van der Waals surface area (Å²) in [4.78, 5) is 2.25. The summed E-state index contributed by atoms with van der Waals surface area (Å²) in [5, 5.41) is 0. The van der Waals surface area contributed by atoms with E-state index in [-0.39, 0.29) is 18.1 Å². The number of benzene rings is 1. The normalized spacial score (nSPS) is 23.8. The summed E-state index contributed by atoms with van der Waals surface area (Å²) in [6, 6.07) is 5.85. The van der Waals surface area contributed by atoms with E-state index in [0.717, 1.165) is 31.9 Å². The van der Waals surface area contributed by atoms with Gasteiger partial charge in [0.25, 0.3) is 0 Å². The molecule has 2 nitrogen and oxygen atoms in total. The summed E-state index contributed by atoms with van der Waals surface area (Å²) in [6.07, 6.45) is -1.07. The van der Waals surface area contributed by atoms with Gasteiger partial charge in [0.15, 0.2) is 0 Å². The summed E-state index contributed by atoms with van der Waals surface area (Å²) in [5.74, 6) is 0. The van der Waals surface area contributed by atoms with Gasteiger partial charge in [-0.25, -0.2) is 0 Å². The first-order valence-corrected chi connectivity index (χ1v) is 7.49. The molecule has 1 fully saturated rings. The van der Waals surface area contributed by atoms with Crippen molar-refractivity contribution in [3.05, 3.63) is 35.4 Å². The minimum atomic E-state index is -4.29. The van der Waals surface area contributed by atoms with Gasteiger partial charge in [0.05, 0.1) is 5.56 Å². The largest absolute Gasteiger partial charge is 0.416 e. The van der Waals surface area contributed by atoms with Crippen LogP contribution in [0.3, 0.4) is 0 Å². The Bertz CT molecular complexity index is 471. The molecule has 1 aliphatic rings. The fraction of sp³-hybridized carbons (Fsp3) is 0.625. The van der Waals surface area contributed by atoms with E-state index < -0.39 is 11.7 Å². The van der Waals surface area contributed by atoms with Crippen LogP contribution in [0.4, 0.5) is 13.2 Å². The zero-order valence-electron chi connectivity index (χ0n) is 12.5. The zero-order chi connectivity index (χ0) is 15.6. The fourth-order valence-corrected chi connectivity index (χ4v) is 3.19. The topological polar surface area (TPSA) is 29.3 Å². The fourth-order valence-electron chi connectivity index (χ4n) is 3.19. The highest BCUT2D eigenvalue weighted by molar-refractivity contribution is 5.28. The van der Waals surface area contributed by atoms with E-state index in [9.17, 15) is 13.2 Å². The highest BCUT2D eigenvalue weighted by Crippen LogP contribution is 2.34. The zero-order valence-corrected chi connectivity index (χ0v) is 12.5. The first kappa shape index (κ1) is 16.3. The van der Waals surface area contributed by atoms with E-state index >= 15 is 0 Å². The minimum Gasteiger partial charge on any atom is -0.327 e. The SMILES string of the molecule is CC(N)C1CCCCN1C(C)c1cccc(C(F)(F)F)c1. The molecule has 0 radical (unpaired) electrons. The van der Waals surface area contributed by atoms with Crippen molar-refractivity contribution in [2.75, 3.05) is 6.54 Å². The Morgan fingerprint density at radius 3 is 2.57 bits per heavy atom. The molecule has 0 bridgehead atoms. The van der Waals surface area contributed by atoms with E-state index in [1.165, 1.54) is 12.1 Å². The molecule has 0 saturated carbocycles. The van der Waals surface area contributed by atoms with Gasteiger partial charge < -0.3 is 5.73 Å². The molecule has 2 N–H and O–H groups in total. The molecule has 0 spiro atoms. The van der Waals surface area contributed by atoms with Crippen molar-refractivity contribution in [3.8, 4) is 0 Å². The molecule has 2 rings (SSSR count). The average molecular weight is 300 g/mol. The highest BCUT2D eigenvalue weighted by Gasteiger charge is 2.33. The Labute approximate surface area is 124 Å². The highest BCUT2D eigenvalue weighted by atomic mass is 19.4. The Balaban J connectivity index is 2.24. The molecule has 1 heterocycles. The van der Waals surface area contributed by atoms with Gasteiger partial charge in [0, 0.05) is 18.1 Å². The smallest absolute Gasteiger partial charge is 0.327 e. The van der Waals surface area contributed by atoms with Crippen molar-refractivity contribution in [3.63, 3.8) is 0 Å². The van der Waals surface area contributed by atoms with Crippen LogP contribution in [0.2, 0.25) is 0 Å². The predicted octanol–water partition coefficient (Wildman–Crippen LogP) is 3.97. The van der Waals surface area contributed by atoms with Gasteiger partial charge in [-0.15, -0.1) is 0 Å². The summed E-state index contributed by atoms with van der Waals surface area (Å²) < 4.78 is 38.5. The third kappa shape index (κ3) is 3.77. The monoisotopic (exact) mass is 300 g/mol. The van der Waals surface area contributed by atoms with Gasteiger partial charge in [-0.05, 0) is 50.9 Å². The number of rotatable bonds is 3.